The van der Waals surface area contributed by atoms with Crippen LogP contribution in [-0.2, 0) is 10.0 Å². The molecule has 1 unspecified atom stereocenters. The van der Waals surface area contributed by atoms with E-state index in [2.05, 4.69) is 10.2 Å². The van der Waals surface area contributed by atoms with Gasteiger partial charge in [-0.25, -0.2) is 8.42 Å². The van der Waals surface area contributed by atoms with Crippen molar-refractivity contribution in [1.82, 2.24) is 14.5 Å². The molecule has 0 saturated carbocycles. The van der Waals surface area contributed by atoms with Gasteiger partial charge in [-0.3, -0.25) is 4.90 Å². The van der Waals surface area contributed by atoms with Crippen LogP contribution < -0.4 is 10.2 Å². The molecule has 2 aliphatic heterocycles. The maximum Gasteiger partial charge on any atom is 0.243 e. The van der Waals surface area contributed by atoms with Crippen LogP contribution in [-0.4, -0.2) is 77.0 Å². The van der Waals surface area contributed by atoms with Crippen LogP contribution in [0.5, 0.6) is 0 Å². The van der Waals surface area contributed by atoms with Crippen molar-refractivity contribution in [3.05, 3.63) is 23.8 Å². The standard InChI is InChI=1S/C17H28N4O2S/c1-14-4-5-16(12-17(14)19(2)3)24(22,23)21-9-6-15(13-21)20-10-7-18-8-11-20/h4-5,12,15,18H,6-11,13H2,1-3H3. The predicted octanol–water partition coefficient (Wildman–Crippen LogP) is 0.729. The van der Waals surface area contributed by atoms with Crippen LogP contribution in [0.4, 0.5) is 5.69 Å². The van der Waals surface area contributed by atoms with Crippen molar-refractivity contribution >= 4 is 15.7 Å². The van der Waals surface area contributed by atoms with Crippen molar-refractivity contribution < 1.29 is 8.42 Å². The molecule has 0 radical (unpaired) electrons. The number of aryl methyl sites for hydroxylation is 1. The fourth-order valence-electron chi connectivity index (χ4n) is 3.65. The van der Waals surface area contributed by atoms with E-state index in [1.165, 1.54) is 0 Å². The van der Waals surface area contributed by atoms with E-state index in [1.807, 2.05) is 32.0 Å². The zero-order valence-electron chi connectivity index (χ0n) is 14.8. The minimum absolute atomic E-state index is 0.348. The topological polar surface area (TPSA) is 55.9 Å². The van der Waals surface area contributed by atoms with Gasteiger partial charge in [0, 0.05) is 65.1 Å². The van der Waals surface area contributed by atoms with Gasteiger partial charge in [-0.2, -0.15) is 4.31 Å². The molecule has 2 saturated heterocycles. The van der Waals surface area contributed by atoms with Gasteiger partial charge in [0.2, 0.25) is 10.0 Å². The Bertz CT molecular complexity index is 684. The SMILES string of the molecule is Cc1ccc(S(=O)(=O)N2CCC(N3CCNCC3)C2)cc1N(C)C. The first-order chi connectivity index (χ1) is 11.4. The van der Waals surface area contributed by atoms with Gasteiger partial charge < -0.3 is 10.2 Å². The van der Waals surface area contributed by atoms with E-state index in [0.717, 1.165) is 43.9 Å². The Morgan fingerprint density at radius 3 is 2.54 bits per heavy atom. The number of nitrogens with zero attached hydrogens (tertiary/aromatic N) is 3. The summed E-state index contributed by atoms with van der Waals surface area (Å²) in [6, 6.07) is 5.77. The number of rotatable bonds is 4. The average Bonchev–Trinajstić information content (AvgIpc) is 3.06. The normalized spacial score (nSPS) is 23.5. The highest BCUT2D eigenvalue weighted by Crippen LogP contribution is 2.27. The number of sulfonamides is 1. The second-order valence-corrected chi connectivity index (χ2v) is 8.87. The summed E-state index contributed by atoms with van der Waals surface area (Å²) in [6.07, 6.45) is 0.922. The first-order valence-electron chi connectivity index (χ1n) is 8.62. The maximum absolute atomic E-state index is 13.0. The second-order valence-electron chi connectivity index (χ2n) is 6.93. The van der Waals surface area contributed by atoms with Crippen LogP contribution in [0.1, 0.15) is 12.0 Å². The molecule has 3 rings (SSSR count). The van der Waals surface area contributed by atoms with Gasteiger partial charge in [-0.1, -0.05) is 6.07 Å². The summed E-state index contributed by atoms with van der Waals surface area (Å²) < 4.78 is 27.7. The molecule has 0 aliphatic carbocycles. The fourth-order valence-corrected chi connectivity index (χ4v) is 5.17. The van der Waals surface area contributed by atoms with Crippen LogP contribution in [0.2, 0.25) is 0 Å². The first-order valence-corrected chi connectivity index (χ1v) is 10.1. The molecule has 0 aromatic heterocycles. The van der Waals surface area contributed by atoms with Crippen molar-refractivity contribution in [2.45, 2.75) is 24.3 Å². The Hall–Kier alpha value is -1.15. The number of benzene rings is 1. The quantitative estimate of drug-likeness (QED) is 0.866. The summed E-state index contributed by atoms with van der Waals surface area (Å²) in [5.74, 6) is 0. The third kappa shape index (κ3) is 3.44. The molecule has 7 heteroatoms. The Morgan fingerprint density at radius 1 is 1.17 bits per heavy atom. The Balaban J connectivity index is 1.77. The lowest BCUT2D eigenvalue weighted by molar-refractivity contribution is 0.179. The summed E-state index contributed by atoms with van der Waals surface area (Å²) in [6.45, 7) is 7.22. The van der Waals surface area contributed by atoms with Gasteiger partial charge in [0.15, 0.2) is 0 Å². The van der Waals surface area contributed by atoms with Crippen LogP contribution in [0.15, 0.2) is 23.1 Å². The van der Waals surface area contributed by atoms with Gasteiger partial charge in [0.1, 0.15) is 0 Å². The molecule has 0 amide bonds. The smallest absolute Gasteiger partial charge is 0.243 e. The summed E-state index contributed by atoms with van der Waals surface area (Å²) in [4.78, 5) is 4.78. The molecule has 0 bridgehead atoms. The van der Waals surface area contributed by atoms with Crippen molar-refractivity contribution in [3.63, 3.8) is 0 Å². The molecule has 1 aromatic rings. The van der Waals surface area contributed by atoms with Crippen LogP contribution >= 0.6 is 0 Å². The van der Waals surface area contributed by atoms with Crippen molar-refractivity contribution in [2.75, 3.05) is 58.3 Å². The summed E-state index contributed by atoms with van der Waals surface area (Å²) in [7, 11) is 0.460. The van der Waals surface area contributed by atoms with Gasteiger partial charge in [0.05, 0.1) is 4.90 Å². The van der Waals surface area contributed by atoms with Crippen LogP contribution in [0.3, 0.4) is 0 Å². The minimum Gasteiger partial charge on any atom is -0.377 e. The molecule has 2 heterocycles. The maximum atomic E-state index is 13.0. The summed E-state index contributed by atoms with van der Waals surface area (Å²) >= 11 is 0. The molecule has 0 spiro atoms. The minimum atomic E-state index is -3.42. The third-order valence-electron chi connectivity index (χ3n) is 5.09. The molecular weight excluding hydrogens is 324 g/mol. The molecule has 134 valence electrons. The van der Waals surface area contributed by atoms with Gasteiger partial charge >= 0.3 is 0 Å². The lowest BCUT2D eigenvalue weighted by Crippen LogP contribution is -2.49. The average molecular weight is 353 g/mol. The number of nitrogens with one attached hydrogen (secondary N) is 1. The number of hydrogen-bond acceptors (Lipinski definition) is 5. The highest BCUT2D eigenvalue weighted by Gasteiger charge is 2.35. The van der Waals surface area contributed by atoms with E-state index in [0.29, 0.717) is 24.0 Å². The molecule has 2 aliphatic rings. The zero-order chi connectivity index (χ0) is 17.3. The molecular formula is C17H28N4O2S. The van der Waals surface area contributed by atoms with E-state index in [-0.39, 0.29) is 0 Å². The lowest BCUT2D eigenvalue weighted by atomic mass is 10.2. The molecule has 2 fully saturated rings. The molecule has 24 heavy (non-hydrogen) atoms. The third-order valence-corrected chi connectivity index (χ3v) is 6.96. The van der Waals surface area contributed by atoms with E-state index in [9.17, 15) is 8.42 Å². The van der Waals surface area contributed by atoms with Gasteiger partial charge in [0.25, 0.3) is 0 Å². The highest BCUT2D eigenvalue weighted by atomic mass is 32.2. The molecule has 1 N–H and O–H groups in total. The summed E-state index contributed by atoms with van der Waals surface area (Å²) in [5, 5.41) is 3.35. The monoisotopic (exact) mass is 352 g/mol. The summed E-state index contributed by atoms with van der Waals surface area (Å²) in [5.41, 5.74) is 2.04. The highest BCUT2D eigenvalue weighted by molar-refractivity contribution is 7.89. The fraction of sp³-hybridized carbons (Fsp3) is 0.647. The Morgan fingerprint density at radius 2 is 1.88 bits per heavy atom. The zero-order valence-corrected chi connectivity index (χ0v) is 15.6. The number of anilines is 1. The van der Waals surface area contributed by atoms with Gasteiger partial charge in [-0.05, 0) is 31.0 Å². The van der Waals surface area contributed by atoms with Crippen LogP contribution in [0.25, 0.3) is 0 Å². The predicted molar refractivity (Wildman–Crippen MR) is 97.1 cm³/mol. The van der Waals surface area contributed by atoms with E-state index in [1.54, 1.807) is 16.4 Å². The van der Waals surface area contributed by atoms with Crippen molar-refractivity contribution in [1.29, 1.82) is 0 Å². The van der Waals surface area contributed by atoms with Gasteiger partial charge in [-0.15, -0.1) is 0 Å². The van der Waals surface area contributed by atoms with E-state index < -0.39 is 10.0 Å². The number of hydrogen-bond donors (Lipinski definition) is 1. The van der Waals surface area contributed by atoms with Crippen LogP contribution in [0, 0.1) is 6.92 Å². The van der Waals surface area contributed by atoms with E-state index >= 15 is 0 Å². The largest absolute Gasteiger partial charge is 0.377 e. The molecule has 1 atom stereocenters. The number of piperazine rings is 1. The Kier molecular flexibility index (Phi) is 5.15. The lowest BCUT2D eigenvalue weighted by Gasteiger charge is -2.32. The van der Waals surface area contributed by atoms with E-state index in [4.69, 9.17) is 0 Å². The van der Waals surface area contributed by atoms with Crippen molar-refractivity contribution in [3.8, 4) is 0 Å². The van der Waals surface area contributed by atoms with Crippen molar-refractivity contribution in [2.24, 2.45) is 0 Å². The molecule has 1 aromatic carbocycles. The first kappa shape index (κ1) is 17.7. The molecule has 6 nitrogen and oxygen atoms in total. The second kappa shape index (κ2) is 7.00. The Labute approximate surface area is 145 Å².